The Labute approximate surface area is 145 Å². The lowest BCUT2D eigenvalue weighted by molar-refractivity contribution is -0.135. The molecule has 1 fully saturated rings. The smallest absolute Gasteiger partial charge is 0.225 e. The molecular weight excluding hydrogens is 324 g/mol. The van der Waals surface area contributed by atoms with Crippen molar-refractivity contribution in [3.8, 4) is 0 Å². The van der Waals surface area contributed by atoms with Gasteiger partial charge in [-0.05, 0) is 37.3 Å². The third-order valence-electron chi connectivity index (χ3n) is 4.79. The molecule has 134 valence electrons. The summed E-state index contributed by atoms with van der Waals surface area (Å²) in [6, 6.07) is 8.33. The second kappa shape index (κ2) is 8.12. The van der Waals surface area contributed by atoms with Gasteiger partial charge in [0.05, 0.1) is 5.75 Å². The number of piperidine rings is 1. The fourth-order valence-electron chi connectivity index (χ4n) is 3.11. The lowest BCUT2D eigenvalue weighted by Gasteiger charge is -2.32. The molecule has 1 aliphatic heterocycles. The monoisotopic (exact) mass is 352 g/mol. The average Bonchev–Trinajstić information content (AvgIpc) is 2.61. The number of rotatable bonds is 6. The predicted molar refractivity (Wildman–Crippen MR) is 96.1 cm³/mol. The Morgan fingerprint density at radius 2 is 1.67 bits per heavy atom. The fourth-order valence-corrected chi connectivity index (χ4v) is 4.24. The lowest BCUT2D eigenvalue weighted by atomic mass is 9.96. The maximum absolute atomic E-state index is 12.6. The van der Waals surface area contributed by atoms with Crippen molar-refractivity contribution >= 4 is 15.9 Å². The van der Waals surface area contributed by atoms with Gasteiger partial charge >= 0.3 is 0 Å². The summed E-state index contributed by atoms with van der Waals surface area (Å²) in [5, 5.41) is 0. The molecule has 0 aromatic heterocycles. The predicted octanol–water partition coefficient (Wildman–Crippen LogP) is 2.27. The summed E-state index contributed by atoms with van der Waals surface area (Å²) in [6.07, 6.45) is 2.22. The highest BCUT2D eigenvalue weighted by atomic mass is 32.2. The van der Waals surface area contributed by atoms with Gasteiger partial charge in [-0.15, -0.1) is 0 Å². The van der Waals surface area contributed by atoms with Gasteiger partial charge in [0.1, 0.15) is 0 Å². The van der Waals surface area contributed by atoms with Crippen molar-refractivity contribution in [2.24, 2.45) is 5.92 Å². The maximum atomic E-state index is 12.6. The summed E-state index contributed by atoms with van der Waals surface area (Å²) in [4.78, 5) is 14.4. The molecule has 0 saturated carbocycles. The SMILES string of the molecule is CCc1ccc(CN(C)C(=O)C2CCN(S(=O)(=O)CC)CC2)cc1. The Morgan fingerprint density at radius 3 is 2.17 bits per heavy atom. The van der Waals surface area contributed by atoms with Gasteiger partial charge in [-0.25, -0.2) is 12.7 Å². The van der Waals surface area contributed by atoms with Crippen molar-refractivity contribution in [3.63, 3.8) is 0 Å². The van der Waals surface area contributed by atoms with E-state index in [1.807, 2.05) is 7.05 Å². The molecule has 0 bridgehead atoms. The summed E-state index contributed by atoms with van der Waals surface area (Å²) >= 11 is 0. The molecule has 0 aliphatic carbocycles. The van der Waals surface area contributed by atoms with Crippen molar-refractivity contribution in [1.29, 1.82) is 0 Å². The molecule has 0 spiro atoms. The molecule has 1 aromatic carbocycles. The molecule has 1 aromatic rings. The van der Waals surface area contributed by atoms with Gasteiger partial charge in [0.2, 0.25) is 15.9 Å². The molecule has 0 N–H and O–H groups in total. The van der Waals surface area contributed by atoms with Gasteiger partial charge < -0.3 is 4.90 Å². The van der Waals surface area contributed by atoms with E-state index < -0.39 is 10.0 Å². The maximum Gasteiger partial charge on any atom is 0.225 e. The first-order chi connectivity index (χ1) is 11.4. The summed E-state index contributed by atoms with van der Waals surface area (Å²) in [7, 11) is -1.31. The molecular formula is C18H28N2O3S. The molecule has 0 unspecified atom stereocenters. The topological polar surface area (TPSA) is 57.7 Å². The second-order valence-corrected chi connectivity index (χ2v) is 8.70. The minimum absolute atomic E-state index is 0.0757. The molecule has 0 atom stereocenters. The number of benzene rings is 1. The molecule has 1 heterocycles. The van der Waals surface area contributed by atoms with E-state index in [0.29, 0.717) is 32.5 Å². The lowest BCUT2D eigenvalue weighted by Crippen LogP contribution is -2.43. The largest absolute Gasteiger partial charge is 0.341 e. The molecule has 6 heteroatoms. The van der Waals surface area contributed by atoms with Crippen LogP contribution in [0, 0.1) is 5.92 Å². The van der Waals surface area contributed by atoms with Crippen LogP contribution in [0.25, 0.3) is 0 Å². The molecule has 2 rings (SSSR count). The number of amides is 1. The third kappa shape index (κ3) is 4.57. The van der Waals surface area contributed by atoms with Crippen molar-refractivity contribution in [1.82, 2.24) is 9.21 Å². The average molecular weight is 353 g/mol. The zero-order chi connectivity index (χ0) is 17.7. The van der Waals surface area contributed by atoms with Crippen molar-refractivity contribution < 1.29 is 13.2 Å². The zero-order valence-corrected chi connectivity index (χ0v) is 15.7. The van der Waals surface area contributed by atoms with Gasteiger partial charge in [-0.2, -0.15) is 0 Å². The van der Waals surface area contributed by atoms with Crippen LogP contribution in [0.1, 0.15) is 37.8 Å². The van der Waals surface area contributed by atoms with E-state index in [9.17, 15) is 13.2 Å². The highest BCUT2D eigenvalue weighted by Gasteiger charge is 2.31. The minimum atomic E-state index is -3.14. The Morgan fingerprint density at radius 1 is 1.12 bits per heavy atom. The molecule has 5 nitrogen and oxygen atoms in total. The van der Waals surface area contributed by atoms with E-state index in [2.05, 4.69) is 31.2 Å². The van der Waals surface area contributed by atoms with Gasteiger partial charge in [-0.1, -0.05) is 31.2 Å². The van der Waals surface area contributed by atoms with Crippen LogP contribution in [0.15, 0.2) is 24.3 Å². The Kier molecular flexibility index (Phi) is 6.40. The normalized spacial score (nSPS) is 17.0. The highest BCUT2D eigenvalue weighted by molar-refractivity contribution is 7.89. The number of sulfonamides is 1. The molecule has 1 aliphatic rings. The van der Waals surface area contributed by atoms with Crippen LogP contribution in [0.2, 0.25) is 0 Å². The second-order valence-electron chi connectivity index (χ2n) is 6.44. The summed E-state index contributed by atoms with van der Waals surface area (Å²) in [6.45, 7) is 5.27. The summed E-state index contributed by atoms with van der Waals surface area (Å²) < 4.78 is 25.3. The van der Waals surface area contributed by atoms with E-state index >= 15 is 0 Å². The van der Waals surface area contributed by atoms with Crippen molar-refractivity contribution in [2.45, 2.75) is 39.7 Å². The van der Waals surface area contributed by atoms with Crippen LogP contribution in [0.3, 0.4) is 0 Å². The number of carbonyl (C=O) groups is 1. The van der Waals surface area contributed by atoms with Gasteiger partial charge in [0.25, 0.3) is 0 Å². The van der Waals surface area contributed by atoms with Crippen LogP contribution in [-0.2, 0) is 27.8 Å². The third-order valence-corrected chi connectivity index (χ3v) is 6.67. The van der Waals surface area contributed by atoms with Crippen LogP contribution < -0.4 is 0 Å². The van der Waals surface area contributed by atoms with Crippen LogP contribution in [0.5, 0.6) is 0 Å². The van der Waals surface area contributed by atoms with Crippen LogP contribution in [-0.4, -0.2) is 49.4 Å². The fraction of sp³-hybridized carbons (Fsp3) is 0.611. The summed E-state index contributed by atoms with van der Waals surface area (Å²) in [5.41, 5.74) is 2.41. The first-order valence-corrected chi connectivity index (χ1v) is 10.3. The van der Waals surface area contributed by atoms with E-state index in [1.165, 1.54) is 9.87 Å². The Hall–Kier alpha value is -1.40. The van der Waals surface area contributed by atoms with Crippen LogP contribution in [0.4, 0.5) is 0 Å². The van der Waals surface area contributed by atoms with Crippen LogP contribution >= 0.6 is 0 Å². The summed E-state index contributed by atoms with van der Waals surface area (Å²) in [5.74, 6) is 0.163. The molecule has 24 heavy (non-hydrogen) atoms. The van der Waals surface area contributed by atoms with Crippen molar-refractivity contribution in [2.75, 3.05) is 25.9 Å². The van der Waals surface area contributed by atoms with E-state index in [4.69, 9.17) is 0 Å². The van der Waals surface area contributed by atoms with E-state index in [1.54, 1.807) is 11.8 Å². The number of hydrogen-bond acceptors (Lipinski definition) is 3. The van der Waals surface area contributed by atoms with Gasteiger partial charge in [-0.3, -0.25) is 4.79 Å². The zero-order valence-electron chi connectivity index (χ0n) is 14.9. The number of aryl methyl sites for hydroxylation is 1. The number of hydrogen-bond donors (Lipinski definition) is 0. The molecule has 0 radical (unpaired) electrons. The van der Waals surface area contributed by atoms with Gasteiger partial charge in [0.15, 0.2) is 0 Å². The highest BCUT2D eigenvalue weighted by Crippen LogP contribution is 2.22. The first-order valence-electron chi connectivity index (χ1n) is 8.68. The quantitative estimate of drug-likeness (QED) is 0.789. The standard InChI is InChI=1S/C18H28N2O3S/c1-4-15-6-8-16(9-7-15)14-19(3)18(21)17-10-12-20(13-11-17)24(22,23)5-2/h6-9,17H,4-5,10-14H2,1-3H3. The molecule has 1 saturated heterocycles. The van der Waals surface area contributed by atoms with Crippen molar-refractivity contribution in [3.05, 3.63) is 35.4 Å². The number of carbonyl (C=O) groups excluding carboxylic acids is 1. The van der Waals surface area contributed by atoms with E-state index in [-0.39, 0.29) is 17.6 Å². The molecule has 1 amide bonds. The Bertz CT molecular complexity index is 647. The van der Waals surface area contributed by atoms with Gasteiger partial charge in [0, 0.05) is 32.6 Å². The Balaban J connectivity index is 1.89. The first kappa shape index (κ1) is 18.9. The van der Waals surface area contributed by atoms with E-state index in [0.717, 1.165) is 12.0 Å². The number of nitrogens with zero attached hydrogens (tertiary/aromatic N) is 2. The minimum Gasteiger partial charge on any atom is -0.341 e.